The lowest BCUT2D eigenvalue weighted by atomic mass is 9.99. The van der Waals surface area contributed by atoms with Gasteiger partial charge in [-0.3, -0.25) is 0 Å². The molecule has 0 spiro atoms. The number of ether oxygens (including phenoxy) is 1. The van der Waals surface area contributed by atoms with Crippen LogP contribution in [-0.4, -0.2) is 55.0 Å². The van der Waals surface area contributed by atoms with Gasteiger partial charge in [0.1, 0.15) is 0 Å². The van der Waals surface area contributed by atoms with Crippen molar-refractivity contribution in [2.75, 3.05) is 32.9 Å². The third-order valence-corrected chi connectivity index (χ3v) is 3.25. The highest BCUT2D eigenvalue weighted by Gasteiger charge is 2.23. The summed E-state index contributed by atoms with van der Waals surface area (Å²) in [5.74, 6) is 0.738. The monoisotopic (exact) mass is 272 g/mol. The molecule has 1 fully saturated rings. The van der Waals surface area contributed by atoms with Crippen LogP contribution in [0.4, 0.5) is 4.79 Å². The highest BCUT2D eigenvalue weighted by Crippen LogP contribution is 2.15. The largest absolute Gasteiger partial charge is 0.396 e. The summed E-state index contributed by atoms with van der Waals surface area (Å²) in [6.07, 6.45) is 1.98. The number of carbonyl (C=O) groups excluding carboxylic acids is 1. The summed E-state index contributed by atoms with van der Waals surface area (Å²) in [6, 6.07) is -0.0282. The summed E-state index contributed by atoms with van der Waals surface area (Å²) in [4.78, 5) is 13.8. The van der Waals surface area contributed by atoms with Crippen LogP contribution in [0, 0.1) is 11.8 Å². The molecule has 5 nitrogen and oxygen atoms in total. The standard InChI is InChI=1S/C14H28N2O3/c1-11(2)9-19-10-12(3)15-14(18)16-6-4-5-13(7-16)8-17/h11-13,17H,4-10H2,1-3H3,(H,15,18). The molecule has 5 heteroatoms. The minimum Gasteiger partial charge on any atom is -0.396 e. The lowest BCUT2D eigenvalue weighted by molar-refractivity contribution is 0.0897. The fourth-order valence-corrected chi connectivity index (χ4v) is 2.22. The second-order valence-electron chi connectivity index (χ2n) is 5.92. The van der Waals surface area contributed by atoms with E-state index in [1.165, 1.54) is 0 Å². The van der Waals surface area contributed by atoms with E-state index in [2.05, 4.69) is 19.2 Å². The molecule has 2 atom stereocenters. The summed E-state index contributed by atoms with van der Waals surface area (Å²) in [6.45, 7) is 9.02. The Kier molecular flexibility index (Phi) is 7.16. The number of amides is 2. The van der Waals surface area contributed by atoms with Crippen LogP contribution in [-0.2, 0) is 4.74 Å². The van der Waals surface area contributed by atoms with E-state index < -0.39 is 0 Å². The van der Waals surface area contributed by atoms with Gasteiger partial charge >= 0.3 is 6.03 Å². The van der Waals surface area contributed by atoms with Crippen molar-refractivity contribution in [2.45, 2.75) is 39.7 Å². The Morgan fingerprint density at radius 1 is 1.42 bits per heavy atom. The Morgan fingerprint density at radius 3 is 2.79 bits per heavy atom. The molecular weight excluding hydrogens is 244 g/mol. The molecule has 0 aliphatic carbocycles. The summed E-state index contributed by atoms with van der Waals surface area (Å²) >= 11 is 0. The molecule has 0 bridgehead atoms. The van der Waals surface area contributed by atoms with E-state index in [1.54, 1.807) is 4.90 Å². The number of piperidine rings is 1. The first kappa shape index (κ1) is 16.2. The molecule has 1 aliphatic rings. The first-order chi connectivity index (χ1) is 9.02. The zero-order valence-electron chi connectivity index (χ0n) is 12.4. The number of rotatable bonds is 6. The van der Waals surface area contributed by atoms with E-state index in [1.807, 2.05) is 6.92 Å². The highest BCUT2D eigenvalue weighted by atomic mass is 16.5. The predicted octanol–water partition coefficient (Wildman–Crippen LogP) is 1.46. The summed E-state index contributed by atoms with van der Waals surface area (Å²) < 4.78 is 5.51. The Bertz CT molecular complexity index is 271. The van der Waals surface area contributed by atoms with Gasteiger partial charge in [-0.25, -0.2) is 4.79 Å². The van der Waals surface area contributed by atoms with Crippen molar-refractivity contribution in [3.63, 3.8) is 0 Å². The lowest BCUT2D eigenvalue weighted by Crippen LogP contribution is -2.49. The zero-order valence-corrected chi connectivity index (χ0v) is 12.4. The van der Waals surface area contributed by atoms with Crippen LogP contribution in [0.3, 0.4) is 0 Å². The van der Waals surface area contributed by atoms with E-state index >= 15 is 0 Å². The first-order valence-corrected chi connectivity index (χ1v) is 7.27. The molecule has 2 amide bonds. The van der Waals surface area contributed by atoms with Crippen LogP contribution in [0.1, 0.15) is 33.6 Å². The number of likely N-dealkylation sites (tertiary alicyclic amines) is 1. The van der Waals surface area contributed by atoms with Gasteiger partial charge in [-0.2, -0.15) is 0 Å². The molecule has 0 aromatic heterocycles. The highest BCUT2D eigenvalue weighted by molar-refractivity contribution is 5.74. The third-order valence-electron chi connectivity index (χ3n) is 3.25. The van der Waals surface area contributed by atoms with Gasteiger partial charge in [0.2, 0.25) is 0 Å². The summed E-state index contributed by atoms with van der Waals surface area (Å²) in [5, 5.41) is 12.1. The van der Waals surface area contributed by atoms with Crippen molar-refractivity contribution < 1.29 is 14.6 Å². The number of urea groups is 1. The molecule has 1 saturated heterocycles. The SMILES string of the molecule is CC(C)COCC(C)NC(=O)N1CCCC(CO)C1. The number of aliphatic hydroxyl groups excluding tert-OH is 1. The van der Waals surface area contributed by atoms with Gasteiger partial charge in [-0.15, -0.1) is 0 Å². The zero-order chi connectivity index (χ0) is 14.3. The van der Waals surface area contributed by atoms with Crippen LogP contribution in [0.25, 0.3) is 0 Å². The van der Waals surface area contributed by atoms with Crippen molar-refractivity contribution in [3.05, 3.63) is 0 Å². The van der Waals surface area contributed by atoms with Crippen molar-refractivity contribution in [2.24, 2.45) is 11.8 Å². The Balaban J connectivity index is 2.25. The van der Waals surface area contributed by atoms with Crippen LogP contribution < -0.4 is 5.32 Å². The molecule has 0 aromatic rings. The second kappa shape index (κ2) is 8.38. The number of carbonyl (C=O) groups is 1. The number of hydrogen-bond donors (Lipinski definition) is 2. The number of hydrogen-bond acceptors (Lipinski definition) is 3. The molecule has 2 unspecified atom stereocenters. The number of nitrogens with zero attached hydrogens (tertiary/aromatic N) is 1. The fraction of sp³-hybridized carbons (Fsp3) is 0.929. The first-order valence-electron chi connectivity index (χ1n) is 7.27. The second-order valence-corrected chi connectivity index (χ2v) is 5.92. The van der Waals surface area contributed by atoms with Crippen LogP contribution >= 0.6 is 0 Å². The van der Waals surface area contributed by atoms with Gasteiger partial charge in [0.15, 0.2) is 0 Å². The van der Waals surface area contributed by atoms with Gasteiger partial charge in [0.05, 0.1) is 12.6 Å². The van der Waals surface area contributed by atoms with Crippen LogP contribution in [0.2, 0.25) is 0 Å². The third kappa shape index (κ3) is 6.25. The van der Waals surface area contributed by atoms with E-state index in [-0.39, 0.29) is 24.6 Å². The van der Waals surface area contributed by atoms with Crippen molar-refractivity contribution in [1.29, 1.82) is 0 Å². The lowest BCUT2D eigenvalue weighted by Gasteiger charge is -2.32. The van der Waals surface area contributed by atoms with E-state index in [0.717, 1.165) is 26.0 Å². The predicted molar refractivity (Wildman–Crippen MR) is 75.0 cm³/mol. The molecule has 112 valence electrons. The maximum Gasteiger partial charge on any atom is 0.317 e. The summed E-state index contributed by atoms with van der Waals surface area (Å²) in [7, 11) is 0. The quantitative estimate of drug-likeness (QED) is 0.769. The van der Waals surface area contributed by atoms with Gasteiger partial charge in [-0.1, -0.05) is 13.8 Å². The van der Waals surface area contributed by atoms with E-state index in [4.69, 9.17) is 9.84 Å². The van der Waals surface area contributed by atoms with Gasteiger partial charge < -0.3 is 20.1 Å². The average molecular weight is 272 g/mol. The van der Waals surface area contributed by atoms with E-state index in [9.17, 15) is 4.79 Å². The molecule has 0 aromatic carbocycles. The van der Waals surface area contributed by atoms with Crippen LogP contribution in [0.15, 0.2) is 0 Å². The molecule has 0 saturated carbocycles. The smallest absolute Gasteiger partial charge is 0.317 e. The molecule has 1 aliphatic heterocycles. The van der Waals surface area contributed by atoms with Crippen molar-refractivity contribution >= 4 is 6.03 Å². The normalized spacial score (nSPS) is 21.5. The Hall–Kier alpha value is -0.810. The molecule has 19 heavy (non-hydrogen) atoms. The summed E-state index contributed by atoms with van der Waals surface area (Å²) in [5.41, 5.74) is 0. The minimum atomic E-state index is -0.0428. The van der Waals surface area contributed by atoms with Gasteiger partial charge in [0.25, 0.3) is 0 Å². The molecule has 1 rings (SSSR count). The van der Waals surface area contributed by atoms with Crippen molar-refractivity contribution in [1.82, 2.24) is 10.2 Å². The molecule has 0 radical (unpaired) electrons. The van der Waals surface area contributed by atoms with Gasteiger partial charge in [-0.05, 0) is 31.6 Å². The molecular formula is C14H28N2O3. The molecule has 2 N–H and O–H groups in total. The molecule has 1 heterocycles. The Morgan fingerprint density at radius 2 is 2.16 bits per heavy atom. The average Bonchev–Trinajstić information content (AvgIpc) is 2.38. The maximum atomic E-state index is 12.0. The minimum absolute atomic E-state index is 0.0146. The topological polar surface area (TPSA) is 61.8 Å². The Labute approximate surface area is 116 Å². The van der Waals surface area contributed by atoms with Gasteiger partial charge in [0, 0.05) is 26.3 Å². The van der Waals surface area contributed by atoms with E-state index in [0.29, 0.717) is 19.1 Å². The number of aliphatic hydroxyl groups is 1. The van der Waals surface area contributed by atoms with Crippen LogP contribution in [0.5, 0.6) is 0 Å². The number of nitrogens with one attached hydrogen (secondary N) is 1. The van der Waals surface area contributed by atoms with Crippen molar-refractivity contribution in [3.8, 4) is 0 Å². The fourth-order valence-electron chi connectivity index (χ4n) is 2.22. The maximum absolute atomic E-state index is 12.0.